The van der Waals surface area contributed by atoms with Crippen molar-refractivity contribution in [3.05, 3.63) is 63.1 Å². The van der Waals surface area contributed by atoms with Gasteiger partial charge < -0.3 is 5.32 Å². The number of hydrogen-bond acceptors (Lipinski definition) is 1. The van der Waals surface area contributed by atoms with Crippen LogP contribution in [0.5, 0.6) is 0 Å². The molecule has 1 nitrogen and oxygen atoms in total. The summed E-state index contributed by atoms with van der Waals surface area (Å²) < 4.78 is 1.07. The number of anilines is 1. The molecule has 104 valence electrons. The molecule has 2 aromatic rings. The van der Waals surface area contributed by atoms with E-state index in [1.165, 1.54) is 24.0 Å². The quantitative estimate of drug-likeness (QED) is 0.741. The van der Waals surface area contributed by atoms with Gasteiger partial charge in [0.15, 0.2) is 0 Å². The first-order valence-corrected chi connectivity index (χ1v) is 8.07. The van der Waals surface area contributed by atoms with Gasteiger partial charge in [0.05, 0.1) is 5.69 Å². The van der Waals surface area contributed by atoms with Gasteiger partial charge in [-0.2, -0.15) is 0 Å². The maximum Gasteiger partial charge on any atom is 0.0501 e. The van der Waals surface area contributed by atoms with Gasteiger partial charge in [-0.25, -0.2) is 0 Å². The summed E-state index contributed by atoms with van der Waals surface area (Å²) in [4.78, 5) is 0. The minimum absolute atomic E-state index is 0.536. The second kappa shape index (κ2) is 5.79. The minimum Gasteiger partial charge on any atom is -0.381 e. The predicted octanol–water partition coefficient (Wildman–Crippen LogP) is 5.77. The summed E-state index contributed by atoms with van der Waals surface area (Å²) in [5, 5.41) is 4.34. The van der Waals surface area contributed by atoms with Crippen LogP contribution in [0.25, 0.3) is 0 Å². The van der Waals surface area contributed by atoms with Crippen LogP contribution in [0, 0.1) is 6.92 Å². The number of rotatable bonds is 3. The van der Waals surface area contributed by atoms with Crippen LogP contribution in [-0.4, -0.2) is 6.04 Å². The van der Waals surface area contributed by atoms with Crippen LogP contribution in [0.15, 0.2) is 46.9 Å². The van der Waals surface area contributed by atoms with Crippen molar-refractivity contribution >= 4 is 33.2 Å². The third-order valence-corrected chi connectivity index (χ3v) is 4.98. The summed E-state index contributed by atoms with van der Waals surface area (Å²) in [5.74, 6) is 0.687. The molecule has 1 aliphatic carbocycles. The number of benzene rings is 2. The molecule has 0 bridgehead atoms. The van der Waals surface area contributed by atoms with Crippen molar-refractivity contribution in [2.45, 2.75) is 31.7 Å². The van der Waals surface area contributed by atoms with Crippen molar-refractivity contribution in [3.8, 4) is 0 Å². The van der Waals surface area contributed by atoms with Crippen LogP contribution >= 0.6 is 27.5 Å². The summed E-state index contributed by atoms with van der Waals surface area (Å²) >= 11 is 9.61. The Hall–Kier alpha value is -0.990. The van der Waals surface area contributed by atoms with E-state index in [1.807, 2.05) is 18.2 Å². The normalized spacial score (nSPS) is 21.4. The van der Waals surface area contributed by atoms with Gasteiger partial charge in [-0.15, -0.1) is 0 Å². The first-order chi connectivity index (χ1) is 9.63. The van der Waals surface area contributed by atoms with Crippen LogP contribution in [0.2, 0.25) is 5.02 Å². The van der Waals surface area contributed by atoms with E-state index >= 15 is 0 Å². The van der Waals surface area contributed by atoms with Crippen molar-refractivity contribution in [1.82, 2.24) is 0 Å². The second-order valence-electron chi connectivity index (χ2n) is 5.49. The third-order valence-electron chi connectivity index (χ3n) is 4.05. The van der Waals surface area contributed by atoms with Gasteiger partial charge in [0, 0.05) is 15.5 Å². The highest BCUT2D eigenvalue weighted by atomic mass is 79.9. The lowest BCUT2D eigenvalue weighted by Crippen LogP contribution is -2.34. The molecule has 1 N–H and O–H groups in total. The zero-order chi connectivity index (χ0) is 14.1. The minimum atomic E-state index is 0.536. The molecule has 0 saturated heterocycles. The first-order valence-electron chi connectivity index (χ1n) is 6.90. The highest BCUT2D eigenvalue weighted by Crippen LogP contribution is 2.40. The third kappa shape index (κ3) is 2.87. The molecule has 2 aromatic carbocycles. The zero-order valence-electron chi connectivity index (χ0n) is 11.4. The van der Waals surface area contributed by atoms with Crippen LogP contribution in [0.3, 0.4) is 0 Å². The standard InChI is InChI=1S/C17H17BrClN/c1-11-4-2-3-5-15(11)12-8-14(9-12)20-17-10-13(19)6-7-16(17)18/h2-7,10,12,14,20H,8-9H2,1H3. The summed E-state index contributed by atoms with van der Waals surface area (Å²) in [6.07, 6.45) is 2.37. The SMILES string of the molecule is Cc1ccccc1C1CC(Nc2cc(Cl)ccc2Br)C1. The van der Waals surface area contributed by atoms with E-state index in [1.54, 1.807) is 0 Å². The summed E-state index contributed by atoms with van der Waals surface area (Å²) in [6, 6.07) is 15.1. The molecule has 0 unspecified atom stereocenters. The number of halogens is 2. The molecule has 0 atom stereocenters. The van der Waals surface area contributed by atoms with Crippen LogP contribution in [0.1, 0.15) is 29.9 Å². The fraction of sp³-hybridized carbons (Fsp3) is 0.294. The fourth-order valence-electron chi connectivity index (χ4n) is 2.86. The van der Waals surface area contributed by atoms with Crippen LogP contribution in [0.4, 0.5) is 5.69 Å². The van der Waals surface area contributed by atoms with Crippen LogP contribution in [-0.2, 0) is 0 Å². The molecular formula is C17H17BrClN. The zero-order valence-corrected chi connectivity index (χ0v) is 13.7. The largest absolute Gasteiger partial charge is 0.381 e. The molecule has 1 saturated carbocycles. The molecule has 0 radical (unpaired) electrons. The Labute approximate surface area is 133 Å². The molecule has 3 rings (SSSR count). The van der Waals surface area contributed by atoms with Gasteiger partial charge in [-0.05, 0) is 70.9 Å². The van der Waals surface area contributed by atoms with E-state index in [4.69, 9.17) is 11.6 Å². The van der Waals surface area contributed by atoms with E-state index in [-0.39, 0.29) is 0 Å². The Bertz CT molecular complexity index is 620. The molecule has 0 aliphatic heterocycles. The average molecular weight is 351 g/mol. The van der Waals surface area contributed by atoms with Gasteiger partial charge in [0.25, 0.3) is 0 Å². The smallest absolute Gasteiger partial charge is 0.0501 e. The molecule has 0 amide bonds. The topological polar surface area (TPSA) is 12.0 Å². The lowest BCUT2D eigenvalue weighted by Gasteiger charge is -2.37. The van der Waals surface area contributed by atoms with Crippen LogP contribution < -0.4 is 5.32 Å². The Morgan fingerprint density at radius 1 is 1.15 bits per heavy atom. The Balaban J connectivity index is 1.64. The van der Waals surface area contributed by atoms with Gasteiger partial charge in [0.2, 0.25) is 0 Å². The molecule has 0 aromatic heterocycles. The number of aryl methyl sites for hydroxylation is 1. The molecule has 0 spiro atoms. The van der Waals surface area contributed by atoms with E-state index < -0.39 is 0 Å². The Morgan fingerprint density at radius 3 is 2.65 bits per heavy atom. The molecule has 20 heavy (non-hydrogen) atoms. The monoisotopic (exact) mass is 349 g/mol. The van der Waals surface area contributed by atoms with Crippen molar-refractivity contribution in [1.29, 1.82) is 0 Å². The summed E-state index contributed by atoms with van der Waals surface area (Å²) in [7, 11) is 0. The molecular weight excluding hydrogens is 334 g/mol. The van der Waals surface area contributed by atoms with E-state index in [9.17, 15) is 0 Å². The van der Waals surface area contributed by atoms with Gasteiger partial charge >= 0.3 is 0 Å². The van der Waals surface area contributed by atoms with E-state index in [0.717, 1.165) is 15.2 Å². The first kappa shape index (κ1) is 14.0. The Morgan fingerprint density at radius 2 is 1.90 bits per heavy atom. The highest BCUT2D eigenvalue weighted by Gasteiger charge is 2.31. The summed E-state index contributed by atoms with van der Waals surface area (Å²) in [6.45, 7) is 2.20. The molecule has 0 heterocycles. The average Bonchev–Trinajstić information content (AvgIpc) is 2.38. The maximum atomic E-state index is 6.05. The second-order valence-corrected chi connectivity index (χ2v) is 6.78. The molecule has 1 aliphatic rings. The predicted molar refractivity (Wildman–Crippen MR) is 89.7 cm³/mol. The van der Waals surface area contributed by atoms with Gasteiger partial charge in [0.1, 0.15) is 0 Å². The molecule has 3 heteroatoms. The number of hydrogen-bond donors (Lipinski definition) is 1. The van der Waals surface area contributed by atoms with Gasteiger partial charge in [-0.3, -0.25) is 0 Å². The van der Waals surface area contributed by atoms with Crippen molar-refractivity contribution in [2.75, 3.05) is 5.32 Å². The highest BCUT2D eigenvalue weighted by molar-refractivity contribution is 9.10. The van der Waals surface area contributed by atoms with E-state index in [0.29, 0.717) is 12.0 Å². The lowest BCUT2D eigenvalue weighted by atomic mass is 9.74. The van der Waals surface area contributed by atoms with E-state index in [2.05, 4.69) is 52.4 Å². The maximum absolute atomic E-state index is 6.05. The summed E-state index contributed by atoms with van der Waals surface area (Å²) in [5.41, 5.74) is 3.99. The van der Waals surface area contributed by atoms with Crippen molar-refractivity contribution in [2.24, 2.45) is 0 Å². The lowest BCUT2D eigenvalue weighted by molar-refractivity contribution is 0.373. The van der Waals surface area contributed by atoms with Crippen molar-refractivity contribution < 1.29 is 0 Å². The van der Waals surface area contributed by atoms with Crippen molar-refractivity contribution in [3.63, 3.8) is 0 Å². The Kier molecular flexibility index (Phi) is 4.04. The van der Waals surface area contributed by atoms with Gasteiger partial charge in [-0.1, -0.05) is 35.9 Å². The number of nitrogens with one attached hydrogen (secondary N) is 1. The fourth-order valence-corrected chi connectivity index (χ4v) is 3.40. The molecule has 1 fully saturated rings.